The zero-order valence-corrected chi connectivity index (χ0v) is 13.0. The molecule has 1 aliphatic carbocycles. The number of hydrogen-bond donors (Lipinski definition) is 1. The van der Waals surface area contributed by atoms with Crippen molar-refractivity contribution < 1.29 is 0 Å². The van der Waals surface area contributed by atoms with Crippen molar-refractivity contribution in [3.8, 4) is 0 Å². The molecule has 2 nitrogen and oxygen atoms in total. The van der Waals surface area contributed by atoms with Gasteiger partial charge >= 0.3 is 0 Å². The smallest absolute Gasteiger partial charge is 0.0205 e. The standard InChI is InChI=1S/C18H28N2/c1-18(8-10-20(2)11-9-18)14-19-13-15-4-3-5-17(12-15)16-6-7-16/h3-5,12,16,19H,6-11,13-14H2,1-2H3. The molecule has 1 aromatic carbocycles. The molecule has 3 rings (SSSR count). The Kier molecular flexibility index (Phi) is 4.13. The fourth-order valence-corrected chi connectivity index (χ4v) is 3.22. The molecule has 110 valence electrons. The molecule has 0 aromatic heterocycles. The van der Waals surface area contributed by atoms with Crippen LogP contribution < -0.4 is 5.32 Å². The highest BCUT2D eigenvalue weighted by Gasteiger charge is 2.28. The predicted octanol–water partition coefficient (Wildman–Crippen LogP) is 3.39. The van der Waals surface area contributed by atoms with Crippen LogP contribution in [0.5, 0.6) is 0 Å². The summed E-state index contributed by atoms with van der Waals surface area (Å²) in [4.78, 5) is 2.45. The summed E-state index contributed by atoms with van der Waals surface area (Å²) in [5.74, 6) is 0.862. The van der Waals surface area contributed by atoms with Crippen molar-refractivity contribution in [2.45, 2.75) is 45.1 Å². The third kappa shape index (κ3) is 3.62. The average Bonchev–Trinajstić information content (AvgIpc) is 3.28. The van der Waals surface area contributed by atoms with Crippen molar-refractivity contribution in [2.24, 2.45) is 5.41 Å². The van der Waals surface area contributed by atoms with Gasteiger partial charge in [-0.05, 0) is 68.3 Å². The van der Waals surface area contributed by atoms with Gasteiger partial charge < -0.3 is 10.2 Å². The number of hydrogen-bond acceptors (Lipinski definition) is 2. The molecule has 0 unspecified atom stereocenters. The second-order valence-electron chi connectivity index (χ2n) is 7.24. The van der Waals surface area contributed by atoms with E-state index in [1.165, 1.54) is 44.3 Å². The van der Waals surface area contributed by atoms with Gasteiger partial charge in [0.15, 0.2) is 0 Å². The van der Waals surface area contributed by atoms with Crippen LogP contribution in [0.3, 0.4) is 0 Å². The Morgan fingerprint density at radius 1 is 1.25 bits per heavy atom. The zero-order chi connectivity index (χ0) is 14.0. The predicted molar refractivity (Wildman–Crippen MR) is 85.0 cm³/mol. The number of nitrogens with zero attached hydrogens (tertiary/aromatic N) is 1. The van der Waals surface area contributed by atoms with Crippen LogP contribution in [0.4, 0.5) is 0 Å². The Balaban J connectivity index is 1.48. The summed E-state index contributed by atoms with van der Waals surface area (Å²) in [7, 11) is 2.23. The van der Waals surface area contributed by atoms with Crippen LogP contribution in [-0.4, -0.2) is 31.6 Å². The van der Waals surface area contributed by atoms with Crippen LogP contribution in [0.25, 0.3) is 0 Å². The third-order valence-electron chi connectivity index (χ3n) is 5.07. The quantitative estimate of drug-likeness (QED) is 0.884. The Morgan fingerprint density at radius 3 is 2.70 bits per heavy atom. The Morgan fingerprint density at radius 2 is 2.00 bits per heavy atom. The van der Waals surface area contributed by atoms with Gasteiger partial charge in [-0.15, -0.1) is 0 Å². The molecule has 1 aliphatic heterocycles. The maximum Gasteiger partial charge on any atom is 0.0205 e. The number of rotatable bonds is 5. The number of likely N-dealkylation sites (tertiary alicyclic amines) is 1. The fraction of sp³-hybridized carbons (Fsp3) is 0.667. The van der Waals surface area contributed by atoms with Gasteiger partial charge in [0.2, 0.25) is 0 Å². The van der Waals surface area contributed by atoms with Crippen molar-refractivity contribution in [2.75, 3.05) is 26.7 Å². The number of benzene rings is 1. The van der Waals surface area contributed by atoms with Gasteiger partial charge in [-0.25, -0.2) is 0 Å². The van der Waals surface area contributed by atoms with E-state index in [9.17, 15) is 0 Å². The first kappa shape index (κ1) is 14.1. The third-order valence-corrected chi connectivity index (χ3v) is 5.07. The minimum absolute atomic E-state index is 0.487. The number of piperidine rings is 1. The van der Waals surface area contributed by atoms with Gasteiger partial charge in [-0.2, -0.15) is 0 Å². The van der Waals surface area contributed by atoms with Crippen LogP contribution in [-0.2, 0) is 6.54 Å². The normalized spacial score (nSPS) is 22.9. The lowest BCUT2D eigenvalue weighted by Crippen LogP contribution is -2.41. The van der Waals surface area contributed by atoms with E-state index in [2.05, 4.69) is 48.5 Å². The summed E-state index contributed by atoms with van der Waals surface area (Å²) in [5, 5.41) is 3.69. The van der Waals surface area contributed by atoms with Crippen LogP contribution >= 0.6 is 0 Å². The summed E-state index contributed by atoms with van der Waals surface area (Å²) in [6, 6.07) is 9.18. The van der Waals surface area contributed by atoms with Crippen LogP contribution in [0.2, 0.25) is 0 Å². The van der Waals surface area contributed by atoms with Gasteiger partial charge in [0.05, 0.1) is 0 Å². The molecule has 0 spiro atoms. The average molecular weight is 272 g/mol. The minimum atomic E-state index is 0.487. The second-order valence-corrected chi connectivity index (χ2v) is 7.24. The molecular formula is C18H28N2. The molecule has 0 amide bonds. The first-order valence-electron chi connectivity index (χ1n) is 8.13. The van der Waals surface area contributed by atoms with Gasteiger partial charge in [0, 0.05) is 13.1 Å². The van der Waals surface area contributed by atoms with Gasteiger partial charge in [0.1, 0.15) is 0 Å². The topological polar surface area (TPSA) is 15.3 Å². The van der Waals surface area contributed by atoms with Gasteiger partial charge in [0.25, 0.3) is 0 Å². The largest absolute Gasteiger partial charge is 0.312 e. The Labute approximate surface area is 123 Å². The highest BCUT2D eigenvalue weighted by atomic mass is 15.1. The molecule has 1 saturated carbocycles. The Hall–Kier alpha value is -0.860. The Bertz CT molecular complexity index is 442. The zero-order valence-electron chi connectivity index (χ0n) is 13.0. The van der Waals surface area contributed by atoms with E-state index in [-0.39, 0.29) is 0 Å². The molecule has 2 heteroatoms. The lowest BCUT2D eigenvalue weighted by Gasteiger charge is -2.38. The van der Waals surface area contributed by atoms with Gasteiger partial charge in [-0.3, -0.25) is 0 Å². The lowest BCUT2D eigenvalue weighted by molar-refractivity contribution is 0.137. The van der Waals surface area contributed by atoms with E-state index in [1.807, 2.05) is 0 Å². The summed E-state index contributed by atoms with van der Waals surface area (Å²) in [6.07, 6.45) is 5.42. The molecule has 0 atom stereocenters. The van der Waals surface area contributed by atoms with E-state index in [1.54, 1.807) is 5.56 Å². The molecule has 1 N–H and O–H groups in total. The van der Waals surface area contributed by atoms with Crippen molar-refractivity contribution in [3.63, 3.8) is 0 Å². The molecule has 20 heavy (non-hydrogen) atoms. The van der Waals surface area contributed by atoms with Crippen LogP contribution in [0.1, 0.15) is 49.7 Å². The first-order valence-corrected chi connectivity index (χ1v) is 8.13. The molecule has 1 aromatic rings. The maximum atomic E-state index is 3.69. The number of nitrogens with one attached hydrogen (secondary N) is 1. The molecule has 0 radical (unpaired) electrons. The van der Waals surface area contributed by atoms with Crippen LogP contribution in [0.15, 0.2) is 24.3 Å². The van der Waals surface area contributed by atoms with Crippen LogP contribution in [0, 0.1) is 5.41 Å². The summed E-state index contributed by atoms with van der Waals surface area (Å²) in [6.45, 7) is 7.10. The minimum Gasteiger partial charge on any atom is -0.312 e. The molecule has 1 saturated heterocycles. The molecule has 2 fully saturated rings. The lowest BCUT2D eigenvalue weighted by atomic mass is 9.80. The molecule has 1 heterocycles. The fourth-order valence-electron chi connectivity index (χ4n) is 3.22. The highest BCUT2D eigenvalue weighted by molar-refractivity contribution is 5.29. The van der Waals surface area contributed by atoms with Gasteiger partial charge in [-0.1, -0.05) is 31.2 Å². The first-order chi connectivity index (χ1) is 9.65. The van der Waals surface area contributed by atoms with E-state index >= 15 is 0 Å². The van der Waals surface area contributed by atoms with E-state index in [0.717, 1.165) is 19.0 Å². The maximum absolute atomic E-state index is 3.69. The monoisotopic (exact) mass is 272 g/mol. The summed E-state index contributed by atoms with van der Waals surface area (Å²) < 4.78 is 0. The second kappa shape index (κ2) is 5.87. The molecule has 0 bridgehead atoms. The SMILES string of the molecule is CN1CCC(C)(CNCc2cccc(C3CC3)c2)CC1. The van der Waals surface area contributed by atoms with Crippen molar-refractivity contribution in [1.29, 1.82) is 0 Å². The van der Waals surface area contributed by atoms with Crippen molar-refractivity contribution in [3.05, 3.63) is 35.4 Å². The van der Waals surface area contributed by atoms with Crippen molar-refractivity contribution >= 4 is 0 Å². The van der Waals surface area contributed by atoms with E-state index < -0.39 is 0 Å². The molecular weight excluding hydrogens is 244 g/mol. The summed E-state index contributed by atoms with van der Waals surface area (Å²) >= 11 is 0. The van der Waals surface area contributed by atoms with E-state index in [0.29, 0.717) is 5.41 Å². The molecule has 2 aliphatic rings. The highest BCUT2D eigenvalue weighted by Crippen LogP contribution is 2.40. The summed E-state index contributed by atoms with van der Waals surface area (Å²) in [5.41, 5.74) is 3.49. The van der Waals surface area contributed by atoms with Crippen molar-refractivity contribution in [1.82, 2.24) is 10.2 Å². The van der Waals surface area contributed by atoms with E-state index in [4.69, 9.17) is 0 Å².